The minimum absolute atomic E-state index is 0.0267. The zero-order valence-corrected chi connectivity index (χ0v) is 16.3. The van der Waals surface area contributed by atoms with Gasteiger partial charge >= 0.3 is 0 Å². The highest BCUT2D eigenvalue weighted by Gasteiger charge is 2.07. The summed E-state index contributed by atoms with van der Waals surface area (Å²) in [7, 11) is 1.55. The van der Waals surface area contributed by atoms with Gasteiger partial charge in [-0.3, -0.25) is 20.4 Å². The maximum absolute atomic E-state index is 13.5. The van der Waals surface area contributed by atoms with Crippen molar-refractivity contribution in [2.24, 2.45) is 0 Å². The highest BCUT2D eigenvalue weighted by atomic mass is 32.2. The lowest BCUT2D eigenvalue weighted by Gasteiger charge is -2.09. The quantitative estimate of drug-likeness (QED) is 0.401. The smallest absolute Gasteiger partial charge is 0.262 e. The minimum atomic E-state index is -0.502. The second-order valence-corrected chi connectivity index (χ2v) is 6.45. The molecule has 0 saturated carbocycles. The van der Waals surface area contributed by atoms with Gasteiger partial charge in [-0.15, -0.1) is 11.8 Å². The normalized spacial score (nSPS) is 10.5. The summed E-state index contributed by atoms with van der Waals surface area (Å²) in [6.07, 6.45) is 2.86. The van der Waals surface area contributed by atoms with Crippen LogP contribution in [0.4, 0.5) is 4.39 Å². The van der Waals surface area contributed by atoms with Crippen LogP contribution in [-0.2, 0) is 9.59 Å². The largest absolute Gasteiger partial charge is 0.493 e. The highest BCUT2D eigenvalue weighted by Crippen LogP contribution is 2.28. The molecule has 2 N–H and O–H groups in total. The Bertz CT molecular complexity index is 858. The molecule has 0 bridgehead atoms. The van der Waals surface area contributed by atoms with E-state index in [1.165, 1.54) is 12.1 Å². The van der Waals surface area contributed by atoms with E-state index in [1.807, 2.05) is 6.92 Å². The molecule has 28 heavy (non-hydrogen) atoms. The van der Waals surface area contributed by atoms with Crippen LogP contribution in [0.2, 0.25) is 0 Å². The molecular formula is C20H21FN2O4S. The third kappa shape index (κ3) is 6.62. The second-order valence-electron chi connectivity index (χ2n) is 5.43. The Hall–Kier alpha value is -3.00. The standard InChI is InChI=1S/C20H21FN2O4S/c1-3-27-17-12-14(8-10-16(17)26-2)9-11-19(24)22-23-20(25)13-28-18-7-5-4-6-15(18)21/h4-12H,3,13H2,1-2H3,(H,22,24)(H,23,25)/b11-9+. The molecule has 148 valence electrons. The van der Waals surface area contributed by atoms with E-state index in [2.05, 4.69) is 10.9 Å². The first-order chi connectivity index (χ1) is 13.5. The van der Waals surface area contributed by atoms with Crippen LogP contribution < -0.4 is 20.3 Å². The lowest BCUT2D eigenvalue weighted by molar-refractivity contribution is -0.125. The number of carbonyl (C=O) groups is 2. The minimum Gasteiger partial charge on any atom is -0.493 e. The number of amides is 2. The van der Waals surface area contributed by atoms with Gasteiger partial charge in [-0.1, -0.05) is 18.2 Å². The predicted molar refractivity (Wildman–Crippen MR) is 107 cm³/mol. The van der Waals surface area contributed by atoms with E-state index in [-0.39, 0.29) is 5.75 Å². The van der Waals surface area contributed by atoms with Gasteiger partial charge in [-0.2, -0.15) is 0 Å². The summed E-state index contributed by atoms with van der Waals surface area (Å²) in [5.74, 6) is -0.190. The number of hydrogen-bond donors (Lipinski definition) is 2. The maximum atomic E-state index is 13.5. The van der Waals surface area contributed by atoms with Gasteiger partial charge in [0.1, 0.15) is 5.82 Å². The molecule has 2 aromatic rings. The van der Waals surface area contributed by atoms with Crippen LogP contribution in [0.15, 0.2) is 53.4 Å². The van der Waals surface area contributed by atoms with Crippen molar-refractivity contribution in [2.75, 3.05) is 19.5 Å². The number of ether oxygens (including phenoxy) is 2. The van der Waals surface area contributed by atoms with Gasteiger partial charge < -0.3 is 9.47 Å². The van der Waals surface area contributed by atoms with E-state index in [4.69, 9.17) is 9.47 Å². The van der Waals surface area contributed by atoms with Crippen LogP contribution in [0.25, 0.3) is 6.08 Å². The molecule has 0 aliphatic rings. The van der Waals surface area contributed by atoms with Crippen LogP contribution in [-0.4, -0.2) is 31.3 Å². The van der Waals surface area contributed by atoms with E-state index < -0.39 is 17.6 Å². The fourth-order valence-electron chi connectivity index (χ4n) is 2.15. The SMILES string of the molecule is CCOc1cc(/C=C/C(=O)NNC(=O)CSc2ccccc2F)ccc1OC. The molecule has 0 fully saturated rings. The molecule has 0 heterocycles. The molecule has 8 heteroatoms. The number of hydrazine groups is 1. The van der Waals surface area contributed by atoms with E-state index in [0.29, 0.717) is 23.0 Å². The molecule has 6 nitrogen and oxygen atoms in total. The van der Waals surface area contributed by atoms with Gasteiger partial charge in [0, 0.05) is 11.0 Å². The van der Waals surface area contributed by atoms with Gasteiger partial charge in [-0.25, -0.2) is 4.39 Å². The number of thioether (sulfide) groups is 1. The van der Waals surface area contributed by atoms with Gasteiger partial charge in [-0.05, 0) is 42.8 Å². The monoisotopic (exact) mass is 404 g/mol. The van der Waals surface area contributed by atoms with Crippen LogP contribution in [0, 0.1) is 5.82 Å². The third-order valence-electron chi connectivity index (χ3n) is 3.44. The number of methoxy groups -OCH3 is 1. The van der Waals surface area contributed by atoms with Gasteiger partial charge in [0.05, 0.1) is 19.5 Å². The molecule has 0 spiro atoms. The van der Waals surface area contributed by atoms with Crippen LogP contribution in [0.5, 0.6) is 11.5 Å². The van der Waals surface area contributed by atoms with Gasteiger partial charge in [0.2, 0.25) is 5.91 Å². The predicted octanol–water partition coefficient (Wildman–Crippen LogP) is 3.19. The first kappa shape index (κ1) is 21.3. The van der Waals surface area contributed by atoms with Crippen molar-refractivity contribution < 1.29 is 23.5 Å². The van der Waals surface area contributed by atoms with Crippen molar-refractivity contribution in [2.45, 2.75) is 11.8 Å². The Balaban J connectivity index is 1.82. The van der Waals surface area contributed by atoms with E-state index in [9.17, 15) is 14.0 Å². The maximum Gasteiger partial charge on any atom is 0.262 e. The number of nitrogens with one attached hydrogen (secondary N) is 2. The van der Waals surface area contributed by atoms with Crippen molar-refractivity contribution in [1.29, 1.82) is 0 Å². The Morgan fingerprint density at radius 3 is 2.64 bits per heavy atom. The summed E-state index contributed by atoms with van der Waals surface area (Å²) < 4.78 is 24.2. The van der Waals surface area contributed by atoms with Crippen LogP contribution in [0.3, 0.4) is 0 Å². The summed E-state index contributed by atoms with van der Waals surface area (Å²) in [6.45, 7) is 2.35. The fraction of sp³-hybridized carbons (Fsp3) is 0.200. The summed E-state index contributed by atoms with van der Waals surface area (Å²) in [5.41, 5.74) is 5.30. The Morgan fingerprint density at radius 1 is 1.14 bits per heavy atom. The molecule has 0 radical (unpaired) electrons. The molecule has 0 aliphatic carbocycles. The van der Waals surface area contributed by atoms with Crippen molar-refractivity contribution in [3.05, 3.63) is 59.9 Å². The summed E-state index contributed by atoms with van der Waals surface area (Å²) in [4.78, 5) is 24.0. The van der Waals surface area contributed by atoms with E-state index in [1.54, 1.807) is 49.6 Å². The Morgan fingerprint density at radius 2 is 1.93 bits per heavy atom. The van der Waals surface area contributed by atoms with Crippen LogP contribution >= 0.6 is 11.8 Å². The van der Waals surface area contributed by atoms with Crippen LogP contribution in [0.1, 0.15) is 12.5 Å². The second kappa shape index (κ2) is 11.0. The summed E-state index contributed by atoms with van der Waals surface area (Å²) >= 11 is 1.04. The van der Waals surface area contributed by atoms with E-state index >= 15 is 0 Å². The lowest BCUT2D eigenvalue weighted by Crippen LogP contribution is -2.41. The number of hydrogen-bond acceptors (Lipinski definition) is 5. The average Bonchev–Trinajstić information content (AvgIpc) is 2.70. The number of rotatable bonds is 8. The molecular weight excluding hydrogens is 383 g/mol. The average molecular weight is 404 g/mol. The van der Waals surface area contributed by atoms with Crippen molar-refractivity contribution >= 4 is 29.7 Å². The number of carbonyl (C=O) groups excluding carboxylic acids is 2. The first-order valence-corrected chi connectivity index (χ1v) is 9.47. The number of halogens is 1. The molecule has 0 atom stereocenters. The third-order valence-corrected chi connectivity index (χ3v) is 4.48. The van der Waals surface area contributed by atoms with Crippen molar-refractivity contribution in [1.82, 2.24) is 10.9 Å². The summed E-state index contributed by atoms with van der Waals surface area (Å²) in [6, 6.07) is 11.4. The fourth-order valence-corrected chi connectivity index (χ4v) is 2.89. The zero-order valence-electron chi connectivity index (χ0n) is 15.5. The molecule has 2 aromatic carbocycles. The Kier molecular flexibility index (Phi) is 8.36. The molecule has 2 amide bonds. The summed E-state index contributed by atoms with van der Waals surface area (Å²) in [5, 5.41) is 0. The van der Waals surface area contributed by atoms with E-state index in [0.717, 1.165) is 17.3 Å². The first-order valence-electron chi connectivity index (χ1n) is 8.48. The topological polar surface area (TPSA) is 76.7 Å². The molecule has 0 unspecified atom stereocenters. The Labute approximate surface area is 167 Å². The molecule has 0 aliphatic heterocycles. The van der Waals surface area contributed by atoms with Gasteiger partial charge in [0.25, 0.3) is 5.91 Å². The zero-order chi connectivity index (χ0) is 20.4. The number of benzene rings is 2. The lowest BCUT2D eigenvalue weighted by atomic mass is 10.2. The molecule has 0 saturated heterocycles. The van der Waals surface area contributed by atoms with Gasteiger partial charge in [0.15, 0.2) is 11.5 Å². The molecule has 2 rings (SSSR count). The van der Waals surface area contributed by atoms with Crippen molar-refractivity contribution in [3.8, 4) is 11.5 Å². The highest BCUT2D eigenvalue weighted by molar-refractivity contribution is 8.00. The van der Waals surface area contributed by atoms with Crippen molar-refractivity contribution in [3.63, 3.8) is 0 Å². The molecule has 0 aromatic heterocycles.